The molecular weight excluding hydrogens is 624 g/mol. The van der Waals surface area contributed by atoms with Crippen molar-refractivity contribution in [2.75, 3.05) is 6.61 Å². The minimum atomic E-state index is -0.243. The van der Waals surface area contributed by atoms with E-state index in [1.807, 2.05) is 12.1 Å². The molecule has 1 aromatic carbocycles. The van der Waals surface area contributed by atoms with Crippen molar-refractivity contribution in [1.29, 1.82) is 0 Å². The number of hydrogen-bond donors (Lipinski definition) is 0. The zero-order chi connectivity index (χ0) is 36.5. The van der Waals surface area contributed by atoms with Crippen molar-refractivity contribution in [3.63, 3.8) is 0 Å². The Bertz CT molecular complexity index is 942. The fourth-order valence-electron chi connectivity index (χ4n) is 6.63. The van der Waals surface area contributed by atoms with Crippen LogP contribution >= 0.6 is 0 Å². The smallest absolute Gasteiger partial charge is 0.311 e. The van der Waals surface area contributed by atoms with Gasteiger partial charge in [0.25, 0.3) is 0 Å². The van der Waals surface area contributed by atoms with E-state index in [0.717, 1.165) is 76.2 Å². The predicted molar refractivity (Wildman–Crippen MR) is 207 cm³/mol. The van der Waals surface area contributed by atoms with Crippen LogP contribution in [0.25, 0.3) is 0 Å². The highest BCUT2D eigenvalue weighted by molar-refractivity contribution is 5.73. The van der Waals surface area contributed by atoms with Crippen LogP contribution in [0, 0.1) is 5.92 Å². The molecule has 0 heterocycles. The SMILES string of the molecule is CCCCCCCCC(CCCCCCCC)OC(=O)CCCCCCCC(=O)Oc1ccc(CC(=O)OCCC(CCC)CCCC)cc1. The van der Waals surface area contributed by atoms with Crippen LogP contribution in [0.2, 0.25) is 0 Å². The number of benzene rings is 1. The molecule has 0 fully saturated rings. The second kappa shape index (κ2) is 32.5. The highest BCUT2D eigenvalue weighted by atomic mass is 16.5. The van der Waals surface area contributed by atoms with Gasteiger partial charge < -0.3 is 14.2 Å². The first kappa shape index (κ1) is 45.7. The molecule has 0 aliphatic heterocycles. The van der Waals surface area contributed by atoms with Gasteiger partial charge in [-0.05, 0) is 68.6 Å². The third-order valence-corrected chi connectivity index (χ3v) is 9.77. The van der Waals surface area contributed by atoms with Crippen molar-refractivity contribution in [2.24, 2.45) is 5.92 Å². The average Bonchev–Trinajstić information content (AvgIpc) is 3.10. The first-order valence-corrected chi connectivity index (χ1v) is 21.1. The molecule has 0 amide bonds. The highest BCUT2D eigenvalue weighted by Gasteiger charge is 2.15. The summed E-state index contributed by atoms with van der Waals surface area (Å²) in [5.41, 5.74) is 0.848. The van der Waals surface area contributed by atoms with Crippen LogP contribution in [0.1, 0.15) is 207 Å². The molecule has 0 aliphatic carbocycles. The molecule has 0 saturated carbocycles. The number of carbonyl (C=O) groups is 3. The van der Waals surface area contributed by atoms with Crippen LogP contribution in [-0.4, -0.2) is 30.6 Å². The molecule has 0 aromatic heterocycles. The fraction of sp³-hybridized carbons (Fsp3) is 0.795. The predicted octanol–water partition coefficient (Wildman–Crippen LogP) is 12.8. The Balaban J connectivity index is 2.22. The van der Waals surface area contributed by atoms with E-state index in [1.165, 1.54) is 89.9 Å². The van der Waals surface area contributed by atoms with Gasteiger partial charge in [-0.15, -0.1) is 0 Å². The molecule has 0 saturated heterocycles. The van der Waals surface area contributed by atoms with Crippen molar-refractivity contribution >= 4 is 17.9 Å². The summed E-state index contributed by atoms with van der Waals surface area (Å²) in [6, 6.07) is 7.13. The van der Waals surface area contributed by atoms with Gasteiger partial charge in [0.1, 0.15) is 11.9 Å². The monoisotopic (exact) mass is 701 g/mol. The lowest BCUT2D eigenvalue weighted by Gasteiger charge is -2.18. The van der Waals surface area contributed by atoms with Gasteiger partial charge in [0, 0.05) is 12.8 Å². The summed E-state index contributed by atoms with van der Waals surface area (Å²) in [7, 11) is 0. The Morgan fingerprint density at radius 3 is 1.58 bits per heavy atom. The van der Waals surface area contributed by atoms with Gasteiger partial charge >= 0.3 is 17.9 Å². The van der Waals surface area contributed by atoms with E-state index >= 15 is 0 Å². The zero-order valence-corrected chi connectivity index (χ0v) is 32.9. The lowest BCUT2D eigenvalue weighted by molar-refractivity contribution is -0.150. The standard InChI is InChI=1S/C44H76O6/c1-5-9-12-14-17-21-27-40(28-22-18-15-13-10-6-2)49-42(45)29-23-19-16-20-24-30-43(46)50-41-33-31-39(32-34-41)37-44(47)48-36-35-38(25-8-4)26-11-7-3/h31-34,38,40H,5-30,35-37H2,1-4H3. The maximum absolute atomic E-state index is 12.6. The molecule has 1 atom stereocenters. The minimum Gasteiger partial charge on any atom is -0.465 e. The second-order valence-electron chi connectivity index (χ2n) is 14.6. The Hall–Kier alpha value is -2.37. The van der Waals surface area contributed by atoms with Crippen LogP contribution in [-0.2, 0) is 30.3 Å². The Morgan fingerprint density at radius 1 is 0.500 bits per heavy atom. The van der Waals surface area contributed by atoms with Gasteiger partial charge in [-0.2, -0.15) is 0 Å². The van der Waals surface area contributed by atoms with Crippen molar-refractivity contribution in [3.8, 4) is 5.75 Å². The van der Waals surface area contributed by atoms with Crippen LogP contribution in [0.3, 0.4) is 0 Å². The van der Waals surface area contributed by atoms with Gasteiger partial charge in [0.2, 0.25) is 0 Å². The van der Waals surface area contributed by atoms with Crippen LogP contribution in [0.4, 0.5) is 0 Å². The number of hydrogen-bond acceptors (Lipinski definition) is 6. The minimum absolute atomic E-state index is 0.0446. The summed E-state index contributed by atoms with van der Waals surface area (Å²) < 4.78 is 17.0. The molecule has 0 aliphatic rings. The first-order valence-electron chi connectivity index (χ1n) is 21.1. The van der Waals surface area contributed by atoms with Crippen LogP contribution < -0.4 is 4.74 Å². The third-order valence-electron chi connectivity index (χ3n) is 9.77. The summed E-state index contributed by atoms with van der Waals surface area (Å²) in [6.45, 7) is 9.39. The number of rotatable bonds is 34. The van der Waals surface area contributed by atoms with E-state index < -0.39 is 0 Å². The first-order chi connectivity index (χ1) is 24.4. The summed E-state index contributed by atoms with van der Waals surface area (Å²) in [6.07, 6.45) is 29.7. The molecule has 6 heteroatoms. The van der Waals surface area contributed by atoms with Crippen LogP contribution in [0.15, 0.2) is 24.3 Å². The molecule has 0 N–H and O–H groups in total. The van der Waals surface area contributed by atoms with Crippen molar-refractivity contribution in [2.45, 2.75) is 214 Å². The maximum Gasteiger partial charge on any atom is 0.311 e. The average molecular weight is 701 g/mol. The van der Waals surface area contributed by atoms with Crippen molar-refractivity contribution in [1.82, 2.24) is 0 Å². The van der Waals surface area contributed by atoms with Gasteiger partial charge in [-0.3, -0.25) is 14.4 Å². The summed E-state index contributed by atoms with van der Waals surface area (Å²) in [5, 5.41) is 0. The summed E-state index contributed by atoms with van der Waals surface area (Å²) >= 11 is 0. The summed E-state index contributed by atoms with van der Waals surface area (Å²) in [5.74, 6) is 0.627. The molecule has 1 aromatic rings. The Morgan fingerprint density at radius 2 is 1.02 bits per heavy atom. The van der Waals surface area contributed by atoms with Crippen molar-refractivity contribution < 1.29 is 28.6 Å². The lowest BCUT2D eigenvalue weighted by Crippen LogP contribution is -2.18. The number of esters is 3. The lowest BCUT2D eigenvalue weighted by atomic mass is 9.94. The number of ether oxygens (including phenoxy) is 3. The van der Waals surface area contributed by atoms with E-state index in [1.54, 1.807) is 12.1 Å². The molecule has 0 radical (unpaired) electrons. The van der Waals surface area contributed by atoms with Crippen molar-refractivity contribution in [3.05, 3.63) is 29.8 Å². The number of unbranched alkanes of at least 4 members (excludes halogenated alkanes) is 15. The van der Waals surface area contributed by atoms with Gasteiger partial charge in [-0.25, -0.2) is 0 Å². The quantitative estimate of drug-likeness (QED) is 0.0404. The normalized spacial score (nSPS) is 11.9. The maximum atomic E-state index is 12.6. The molecule has 1 unspecified atom stereocenters. The molecule has 288 valence electrons. The van der Waals surface area contributed by atoms with Gasteiger partial charge in [0.05, 0.1) is 13.0 Å². The van der Waals surface area contributed by atoms with E-state index in [2.05, 4.69) is 27.7 Å². The zero-order valence-electron chi connectivity index (χ0n) is 32.9. The number of carbonyl (C=O) groups excluding carboxylic acids is 3. The van der Waals surface area contributed by atoms with E-state index in [-0.39, 0.29) is 30.4 Å². The van der Waals surface area contributed by atoms with E-state index in [9.17, 15) is 14.4 Å². The molecule has 1 rings (SSSR count). The second-order valence-corrected chi connectivity index (χ2v) is 14.6. The Kier molecular flexibility index (Phi) is 29.7. The molecule has 0 spiro atoms. The topological polar surface area (TPSA) is 78.9 Å². The molecular formula is C44H76O6. The molecule has 50 heavy (non-hydrogen) atoms. The molecule has 6 nitrogen and oxygen atoms in total. The fourth-order valence-corrected chi connectivity index (χ4v) is 6.63. The van der Waals surface area contributed by atoms with E-state index in [4.69, 9.17) is 14.2 Å². The largest absolute Gasteiger partial charge is 0.465 e. The van der Waals surface area contributed by atoms with Gasteiger partial charge in [0.15, 0.2) is 0 Å². The Labute approximate surface area is 307 Å². The third kappa shape index (κ3) is 26.4. The molecule has 0 bridgehead atoms. The highest BCUT2D eigenvalue weighted by Crippen LogP contribution is 2.21. The summed E-state index contributed by atoms with van der Waals surface area (Å²) in [4.78, 5) is 37.3. The van der Waals surface area contributed by atoms with Crippen LogP contribution in [0.5, 0.6) is 5.75 Å². The van der Waals surface area contributed by atoms with Gasteiger partial charge in [-0.1, -0.05) is 155 Å². The van der Waals surface area contributed by atoms with E-state index in [0.29, 0.717) is 31.1 Å².